The van der Waals surface area contributed by atoms with Crippen LogP contribution in [0.3, 0.4) is 0 Å². The third kappa shape index (κ3) is 2.40. The van der Waals surface area contributed by atoms with E-state index in [1.54, 1.807) is 33.4 Å². The van der Waals surface area contributed by atoms with Gasteiger partial charge in [0.05, 0.1) is 14.2 Å². The Bertz CT molecular complexity index is 662. The Morgan fingerprint density at radius 1 is 1.11 bits per heavy atom. The fourth-order valence-corrected chi connectivity index (χ4v) is 1.85. The highest BCUT2D eigenvalue weighted by molar-refractivity contribution is 5.73. The SMILES string of the molecule is COc1ccc(-c2cc(N)n(C)c(=O)c2)c(OC)c1. The van der Waals surface area contributed by atoms with Gasteiger partial charge >= 0.3 is 0 Å². The van der Waals surface area contributed by atoms with Crippen molar-refractivity contribution in [2.24, 2.45) is 7.05 Å². The van der Waals surface area contributed by atoms with Crippen molar-refractivity contribution in [1.82, 2.24) is 4.57 Å². The first kappa shape index (κ1) is 13.0. The lowest BCUT2D eigenvalue weighted by molar-refractivity contribution is 0.395. The zero-order valence-corrected chi connectivity index (χ0v) is 11.1. The summed E-state index contributed by atoms with van der Waals surface area (Å²) >= 11 is 0. The molecule has 1 heterocycles. The van der Waals surface area contributed by atoms with Crippen LogP contribution < -0.4 is 20.8 Å². The van der Waals surface area contributed by atoms with Crippen LogP contribution in [0.2, 0.25) is 0 Å². The number of anilines is 1. The molecule has 0 saturated carbocycles. The van der Waals surface area contributed by atoms with Crippen LogP contribution in [0, 0.1) is 0 Å². The number of benzene rings is 1. The van der Waals surface area contributed by atoms with Crippen LogP contribution in [0.15, 0.2) is 35.1 Å². The zero-order valence-electron chi connectivity index (χ0n) is 11.1. The maximum absolute atomic E-state index is 11.8. The molecule has 0 bridgehead atoms. The molecule has 0 atom stereocenters. The van der Waals surface area contributed by atoms with Crippen LogP contribution in [0.25, 0.3) is 11.1 Å². The molecule has 1 aromatic carbocycles. The lowest BCUT2D eigenvalue weighted by Gasteiger charge is -2.12. The van der Waals surface area contributed by atoms with E-state index >= 15 is 0 Å². The van der Waals surface area contributed by atoms with Crippen LogP contribution in [-0.4, -0.2) is 18.8 Å². The monoisotopic (exact) mass is 260 g/mol. The lowest BCUT2D eigenvalue weighted by Crippen LogP contribution is -2.18. The smallest absolute Gasteiger partial charge is 0.252 e. The Hall–Kier alpha value is -2.43. The van der Waals surface area contributed by atoms with Crippen molar-refractivity contribution in [3.05, 3.63) is 40.7 Å². The number of methoxy groups -OCH3 is 2. The van der Waals surface area contributed by atoms with Crippen molar-refractivity contribution < 1.29 is 9.47 Å². The Balaban J connectivity index is 2.62. The van der Waals surface area contributed by atoms with Gasteiger partial charge in [0, 0.05) is 24.7 Å². The third-order valence-electron chi connectivity index (χ3n) is 3.02. The molecule has 1 aromatic heterocycles. The summed E-state index contributed by atoms with van der Waals surface area (Å²) in [7, 11) is 4.79. The van der Waals surface area contributed by atoms with E-state index in [9.17, 15) is 4.79 Å². The summed E-state index contributed by atoms with van der Waals surface area (Å²) in [6.45, 7) is 0. The van der Waals surface area contributed by atoms with Gasteiger partial charge in [-0.15, -0.1) is 0 Å². The van der Waals surface area contributed by atoms with E-state index in [2.05, 4.69) is 0 Å². The Kier molecular flexibility index (Phi) is 3.46. The summed E-state index contributed by atoms with van der Waals surface area (Å²) in [5.41, 5.74) is 7.17. The van der Waals surface area contributed by atoms with Crippen molar-refractivity contribution in [3.63, 3.8) is 0 Å². The van der Waals surface area contributed by atoms with E-state index in [-0.39, 0.29) is 5.56 Å². The fraction of sp³-hybridized carbons (Fsp3) is 0.214. The number of nitrogens with two attached hydrogens (primary N) is 1. The van der Waals surface area contributed by atoms with Gasteiger partial charge in [-0.05, 0) is 23.8 Å². The summed E-state index contributed by atoms with van der Waals surface area (Å²) < 4.78 is 11.9. The Morgan fingerprint density at radius 3 is 2.42 bits per heavy atom. The molecule has 0 radical (unpaired) electrons. The first-order chi connectivity index (χ1) is 9.06. The molecule has 0 saturated heterocycles. The molecule has 0 spiro atoms. The molecular formula is C14H16N2O3. The summed E-state index contributed by atoms with van der Waals surface area (Å²) in [4.78, 5) is 11.8. The predicted octanol–water partition coefficient (Wildman–Crippen LogP) is 1.65. The average Bonchev–Trinajstić information content (AvgIpc) is 2.43. The van der Waals surface area contributed by atoms with Gasteiger partial charge in [-0.2, -0.15) is 0 Å². The van der Waals surface area contributed by atoms with Crippen molar-refractivity contribution in [1.29, 1.82) is 0 Å². The maximum Gasteiger partial charge on any atom is 0.252 e. The fourth-order valence-electron chi connectivity index (χ4n) is 1.85. The van der Waals surface area contributed by atoms with Gasteiger partial charge in [0.1, 0.15) is 17.3 Å². The van der Waals surface area contributed by atoms with Crippen LogP contribution in [-0.2, 0) is 7.05 Å². The van der Waals surface area contributed by atoms with Crippen molar-refractivity contribution in [3.8, 4) is 22.6 Å². The van der Waals surface area contributed by atoms with Crippen LogP contribution >= 0.6 is 0 Å². The van der Waals surface area contributed by atoms with Crippen LogP contribution in [0.5, 0.6) is 11.5 Å². The van der Waals surface area contributed by atoms with Gasteiger partial charge in [-0.25, -0.2) is 0 Å². The summed E-state index contributed by atoms with van der Waals surface area (Å²) in [6.07, 6.45) is 0. The second kappa shape index (κ2) is 5.06. The third-order valence-corrected chi connectivity index (χ3v) is 3.02. The molecule has 0 aliphatic heterocycles. The molecule has 2 aromatic rings. The molecule has 5 heteroatoms. The standard InChI is InChI=1S/C14H16N2O3/c1-16-13(15)6-9(7-14(16)17)11-5-4-10(18-2)8-12(11)19-3/h4-8H,15H2,1-3H3. The lowest BCUT2D eigenvalue weighted by atomic mass is 10.1. The van der Waals surface area contributed by atoms with E-state index in [1.807, 2.05) is 12.1 Å². The number of pyridine rings is 1. The molecule has 2 N–H and O–H groups in total. The van der Waals surface area contributed by atoms with Crippen molar-refractivity contribution in [2.45, 2.75) is 0 Å². The summed E-state index contributed by atoms with van der Waals surface area (Å²) in [5, 5.41) is 0. The van der Waals surface area contributed by atoms with E-state index < -0.39 is 0 Å². The highest BCUT2D eigenvalue weighted by Crippen LogP contribution is 2.33. The molecule has 0 aliphatic rings. The highest BCUT2D eigenvalue weighted by Gasteiger charge is 2.10. The first-order valence-electron chi connectivity index (χ1n) is 5.75. The maximum atomic E-state index is 11.8. The van der Waals surface area contributed by atoms with Gasteiger partial charge in [0.25, 0.3) is 5.56 Å². The molecule has 0 fully saturated rings. The minimum Gasteiger partial charge on any atom is -0.497 e. The zero-order chi connectivity index (χ0) is 14.0. The molecular weight excluding hydrogens is 244 g/mol. The minimum atomic E-state index is -0.159. The first-order valence-corrected chi connectivity index (χ1v) is 5.75. The summed E-state index contributed by atoms with van der Waals surface area (Å²) in [5.74, 6) is 1.73. The number of ether oxygens (including phenoxy) is 2. The number of nitrogens with zero attached hydrogens (tertiary/aromatic N) is 1. The van der Waals surface area contributed by atoms with Gasteiger partial charge in [-0.3, -0.25) is 9.36 Å². The summed E-state index contributed by atoms with van der Waals surface area (Å²) in [6, 6.07) is 8.69. The highest BCUT2D eigenvalue weighted by atomic mass is 16.5. The molecule has 5 nitrogen and oxygen atoms in total. The van der Waals surface area contributed by atoms with Gasteiger partial charge in [-0.1, -0.05) is 0 Å². The van der Waals surface area contributed by atoms with Crippen LogP contribution in [0.1, 0.15) is 0 Å². The van der Waals surface area contributed by atoms with E-state index in [1.165, 1.54) is 10.6 Å². The molecule has 2 rings (SSSR count). The number of hydrogen-bond donors (Lipinski definition) is 1. The number of nitrogen functional groups attached to an aromatic ring is 1. The molecule has 0 unspecified atom stereocenters. The predicted molar refractivity (Wildman–Crippen MR) is 74.6 cm³/mol. The Labute approximate surface area is 111 Å². The number of hydrogen-bond acceptors (Lipinski definition) is 4. The Morgan fingerprint density at radius 2 is 1.84 bits per heavy atom. The van der Waals surface area contributed by atoms with Crippen molar-refractivity contribution >= 4 is 5.82 Å². The second-order valence-corrected chi connectivity index (χ2v) is 4.13. The second-order valence-electron chi connectivity index (χ2n) is 4.13. The van der Waals surface area contributed by atoms with Gasteiger partial charge < -0.3 is 15.2 Å². The van der Waals surface area contributed by atoms with Gasteiger partial charge in [0.15, 0.2) is 0 Å². The molecule has 0 amide bonds. The molecule has 0 aliphatic carbocycles. The largest absolute Gasteiger partial charge is 0.497 e. The number of aromatic nitrogens is 1. The van der Waals surface area contributed by atoms with E-state index in [4.69, 9.17) is 15.2 Å². The van der Waals surface area contributed by atoms with E-state index in [0.29, 0.717) is 17.3 Å². The number of rotatable bonds is 3. The topological polar surface area (TPSA) is 66.5 Å². The molecule has 19 heavy (non-hydrogen) atoms. The van der Waals surface area contributed by atoms with Crippen LogP contribution in [0.4, 0.5) is 5.82 Å². The minimum absolute atomic E-state index is 0.159. The quantitative estimate of drug-likeness (QED) is 0.911. The van der Waals surface area contributed by atoms with Gasteiger partial charge in [0.2, 0.25) is 0 Å². The normalized spacial score (nSPS) is 10.3. The molecule has 100 valence electrons. The van der Waals surface area contributed by atoms with Crippen molar-refractivity contribution in [2.75, 3.05) is 20.0 Å². The average molecular weight is 260 g/mol. The van der Waals surface area contributed by atoms with E-state index in [0.717, 1.165) is 11.1 Å².